The molecule has 0 radical (unpaired) electrons. The average molecular weight is 481 g/mol. The van der Waals surface area contributed by atoms with Crippen molar-refractivity contribution in [2.75, 3.05) is 7.11 Å². The maximum absolute atomic E-state index is 13.4. The van der Waals surface area contributed by atoms with Gasteiger partial charge in [-0.25, -0.2) is 0 Å². The van der Waals surface area contributed by atoms with Crippen LogP contribution in [0.3, 0.4) is 0 Å². The number of carbonyl (C=O) groups excluding carboxylic acids is 1. The van der Waals surface area contributed by atoms with E-state index in [9.17, 15) is 19.5 Å². The standard InChI is InChI=1S/C28H19NO7/c1-34-16-7-8-20-15(9-16)10-18(28(33)29-20)17-11-23(31)36-22-12-21(30)25-26(32)19(13-35-27(25)24(17)22)14-5-3-2-4-6-14/h2-10,12-13,17,30H,11H2,1H3,(H,29,33)/t17-/m0/s1. The minimum absolute atomic E-state index is 0.0435. The van der Waals surface area contributed by atoms with Crippen molar-refractivity contribution in [3.8, 4) is 28.4 Å². The molecule has 0 aliphatic carbocycles. The zero-order valence-electron chi connectivity index (χ0n) is 19.0. The predicted octanol–water partition coefficient (Wildman–Crippen LogP) is 4.46. The highest BCUT2D eigenvalue weighted by molar-refractivity contribution is 5.94. The van der Waals surface area contributed by atoms with E-state index in [4.69, 9.17) is 13.9 Å². The van der Waals surface area contributed by atoms with Gasteiger partial charge in [-0.2, -0.15) is 0 Å². The molecule has 2 aromatic heterocycles. The number of aromatic hydroxyl groups is 1. The van der Waals surface area contributed by atoms with Crippen molar-refractivity contribution in [3.63, 3.8) is 0 Å². The monoisotopic (exact) mass is 481 g/mol. The maximum atomic E-state index is 13.4. The average Bonchev–Trinajstić information content (AvgIpc) is 2.88. The van der Waals surface area contributed by atoms with Crippen LogP contribution in [0.1, 0.15) is 23.5 Å². The van der Waals surface area contributed by atoms with Crippen molar-refractivity contribution in [1.82, 2.24) is 4.98 Å². The third-order valence-electron chi connectivity index (χ3n) is 6.51. The lowest BCUT2D eigenvalue weighted by atomic mass is 9.85. The molecular formula is C28H19NO7. The van der Waals surface area contributed by atoms with Gasteiger partial charge < -0.3 is 24.0 Å². The van der Waals surface area contributed by atoms with Crippen LogP contribution in [-0.2, 0) is 4.79 Å². The Morgan fingerprint density at radius 3 is 2.61 bits per heavy atom. The van der Waals surface area contributed by atoms with Crippen LogP contribution in [0.15, 0.2) is 80.9 Å². The molecule has 8 nitrogen and oxygen atoms in total. The van der Waals surface area contributed by atoms with Crippen molar-refractivity contribution in [2.24, 2.45) is 0 Å². The largest absolute Gasteiger partial charge is 0.507 e. The van der Waals surface area contributed by atoms with E-state index in [1.54, 1.807) is 55.6 Å². The molecule has 2 N–H and O–H groups in total. The second kappa shape index (κ2) is 8.13. The summed E-state index contributed by atoms with van der Waals surface area (Å²) in [6, 6.07) is 17.1. The molecule has 36 heavy (non-hydrogen) atoms. The number of phenols is 1. The molecule has 0 unspecified atom stereocenters. The summed E-state index contributed by atoms with van der Waals surface area (Å²) in [5, 5.41) is 11.4. The number of nitrogens with one attached hydrogen (secondary N) is 1. The molecule has 3 heterocycles. The Kier molecular flexibility index (Phi) is 4.89. The molecule has 6 rings (SSSR count). The number of hydrogen-bond acceptors (Lipinski definition) is 7. The van der Waals surface area contributed by atoms with Gasteiger partial charge in [0.15, 0.2) is 0 Å². The summed E-state index contributed by atoms with van der Waals surface area (Å²) in [5.74, 6) is -1.06. The smallest absolute Gasteiger partial charge is 0.312 e. The molecule has 1 aliphatic rings. The highest BCUT2D eigenvalue weighted by Crippen LogP contribution is 2.45. The first-order valence-electron chi connectivity index (χ1n) is 11.2. The number of aromatic amines is 1. The number of pyridine rings is 1. The number of H-pyrrole nitrogens is 1. The Labute approximate surface area is 203 Å². The molecule has 3 aromatic carbocycles. The van der Waals surface area contributed by atoms with Gasteiger partial charge in [0.05, 0.1) is 19.1 Å². The Hall–Kier alpha value is -4.85. The zero-order valence-corrected chi connectivity index (χ0v) is 19.0. The van der Waals surface area contributed by atoms with E-state index in [0.29, 0.717) is 33.3 Å². The number of methoxy groups -OCH3 is 1. The molecule has 0 amide bonds. The van der Waals surface area contributed by atoms with Crippen LogP contribution in [-0.4, -0.2) is 23.2 Å². The van der Waals surface area contributed by atoms with Crippen molar-refractivity contribution in [1.29, 1.82) is 0 Å². The Morgan fingerprint density at radius 2 is 1.83 bits per heavy atom. The van der Waals surface area contributed by atoms with E-state index in [0.717, 1.165) is 0 Å². The lowest BCUT2D eigenvalue weighted by Gasteiger charge is -2.25. The fourth-order valence-electron chi connectivity index (χ4n) is 4.80. The number of esters is 1. The van der Waals surface area contributed by atoms with E-state index in [-0.39, 0.29) is 40.0 Å². The molecule has 8 heteroatoms. The zero-order chi connectivity index (χ0) is 25.0. The van der Waals surface area contributed by atoms with Gasteiger partial charge in [-0.05, 0) is 29.8 Å². The molecule has 0 spiro atoms. The first-order chi connectivity index (χ1) is 17.4. The molecule has 178 valence electrons. The summed E-state index contributed by atoms with van der Waals surface area (Å²) in [6.45, 7) is 0. The predicted molar refractivity (Wildman–Crippen MR) is 133 cm³/mol. The van der Waals surface area contributed by atoms with Crippen LogP contribution in [0, 0.1) is 0 Å². The van der Waals surface area contributed by atoms with Crippen molar-refractivity contribution in [3.05, 3.63) is 98.6 Å². The highest BCUT2D eigenvalue weighted by Gasteiger charge is 2.35. The number of fused-ring (bicyclic) bond motifs is 4. The van der Waals surface area contributed by atoms with Gasteiger partial charge >= 0.3 is 5.97 Å². The molecule has 0 fully saturated rings. The third-order valence-corrected chi connectivity index (χ3v) is 6.51. The van der Waals surface area contributed by atoms with Gasteiger partial charge in [0.1, 0.15) is 34.5 Å². The van der Waals surface area contributed by atoms with Gasteiger partial charge in [0, 0.05) is 34.0 Å². The normalized spacial score (nSPS) is 15.0. The minimum atomic E-state index is -0.769. The second-order valence-corrected chi connectivity index (χ2v) is 8.59. The Morgan fingerprint density at radius 1 is 1.03 bits per heavy atom. The lowest BCUT2D eigenvalue weighted by Crippen LogP contribution is -2.26. The summed E-state index contributed by atoms with van der Waals surface area (Å²) in [4.78, 5) is 41.9. The second-order valence-electron chi connectivity index (χ2n) is 8.59. The van der Waals surface area contributed by atoms with Crippen molar-refractivity contribution in [2.45, 2.75) is 12.3 Å². The summed E-state index contributed by atoms with van der Waals surface area (Å²) in [7, 11) is 1.55. The molecule has 0 saturated carbocycles. The summed E-state index contributed by atoms with van der Waals surface area (Å²) >= 11 is 0. The number of aromatic nitrogens is 1. The fraction of sp³-hybridized carbons (Fsp3) is 0.107. The fourth-order valence-corrected chi connectivity index (χ4v) is 4.80. The maximum Gasteiger partial charge on any atom is 0.312 e. The summed E-state index contributed by atoms with van der Waals surface area (Å²) < 4.78 is 16.6. The van der Waals surface area contributed by atoms with Gasteiger partial charge in [-0.3, -0.25) is 14.4 Å². The number of benzene rings is 3. The minimum Gasteiger partial charge on any atom is -0.507 e. The van der Waals surface area contributed by atoms with E-state index in [1.165, 1.54) is 12.3 Å². The van der Waals surface area contributed by atoms with Crippen LogP contribution in [0.4, 0.5) is 0 Å². The van der Waals surface area contributed by atoms with Crippen LogP contribution in [0.2, 0.25) is 0 Å². The quantitative estimate of drug-likeness (QED) is 0.289. The lowest BCUT2D eigenvalue weighted by molar-refractivity contribution is -0.135. The molecule has 5 aromatic rings. The first-order valence-corrected chi connectivity index (χ1v) is 11.2. The highest BCUT2D eigenvalue weighted by atomic mass is 16.5. The van der Waals surface area contributed by atoms with Crippen LogP contribution < -0.4 is 20.5 Å². The van der Waals surface area contributed by atoms with E-state index < -0.39 is 17.3 Å². The topological polar surface area (TPSA) is 119 Å². The Balaban J connectivity index is 1.62. The van der Waals surface area contributed by atoms with Gasteiger partial charge in [-0.1, -0.05) is 30.3 Å². The number of phenolic OH excluding ortho intramolecular Hbond substituents is 1. The summed E-state index contributed by atoms with van der Waals surface area (Å²) in [6.07, 6.45) is 1.18. The van der Waals surface area contributed by atoms with Crippen LogP contribution in [0.25, 0.3) is 33.0 Å². The number of ether oxygens (including phenoxy) is 2. The van der Waals surface area contributed by atoms with E-state index in [2.05, 4.69) is 4.98 Å². The number of hydrogen-bond donors (Lipinski definition) is 2. The van der Waals surface area contributed by atoms with E-state index in [1.807, 2.05) is 6.07 Å². The summed E-state index contributed by atoms with van der Waals surface area (Å²) in [5.41, 5.74) is 1.42. The molecule has 0 saturated heterocycles. The third kappa shape index (κ3) is 3.34. The molecule has 0 bridgehead atoms. The van der Waals surface area contributed by atoms with Gasteiger partial charge in [-0.15, -0.1) is 0 Å². The first kappa shape index (κ1) is 21.7. The Bertz CT molecular complexity index is 1800. The number of rotatable bonds is 3. The van der Waals surface area contributed by atoms with Gasteiger partial charge in [0.2, 0.25) is 5.43 Å². The number of carbonyl (C=O) groups is 1. The molecule has 1 atom stereocenters. The van der Waals surface area contributed by atoms with E-state index >= 15 is 0 Å². The van der Waals surface area contributed by atoms with Crippen LogP contribution >= 0.6 is 0 Å². The van der Waals surface area contributed by atoms with Gasteiger partial charge in [0.25, 0.3) is 5.56 Å². The molecular weight excluding hydrogens is 462 g/mol. The molecule has 1 aliphatic heterocycles. The van der Waals surface area contributed by atoms with Crippen molar-refractivity contribution < 1.29 is 23.8 Å². The SMILES string of the molecule is COc1ccc2[nH]c(=O)c([C@@H]3CC(=O)Oc4cc(O)c5c(=O)c(-c6ccccc6)coc5c43)cc2c1. The van der Waals surface area contributed by atoms with Crippen molar-refractivity contribution >= 4 is 27.8 Å². The van der Waals surface area contributed by atoms with Crippen LogP contribution in [0.5, 0.6) is 17.2 Å².